The molecule has 0 aliphatic heterocycles. The third-order valence-electron chi connectivity index (χ3n) is 2.05. The number of anilines is 1. The molecular formula is C12H20N2O. The minimum atomic E-state index is 0.677. The van der Waals surface area contributed by atoms with Crippen LogP contribution in [-0.4, -0.2) is 19.7 Å². The summed E-state index contributed by atoms with van der Waals surface area (Å²) in [6.45, 7) is 4.53. The van der Waals surface area contributed by atoms with Gasteiger partial charge in [0, 0.05) is 12.2 Å². The van der Waals surface area contributed by atoms with Gasteiger partial charge < -0.3 is 15.8 Å². The van der Waals surface area contributed by atoms with Gasteiger partial charge >= 0.3 is 0 Å². The predicted molar refractivity (Wildman–Crippen MR) is 64.4 cm³/mol. The second kappa shape index (κ2) is 7.12. The SMILES string of the molecule is CCCNc1ccc(OCCCN)cc1. The minimum absolute atomic E-state index is 0.677. The van der Waals surface area contributed by atoms with Gasteiger partial charge in [-0.05, 0) is 43.7 Å². The molecule has 0 aromatic heterocycles. The minimum Gasteiger partial charge on any atom is -0.494 e. The molecule has 1 aromatic rings. The fourth-order valence-corrected chi connectivity index (χ4v) is 1.21. The second-order valence-electron chi connectivity index (χ2n) is 3.44. The van der Waals surface area contributed by atoms with Gasteiger partial charge in [0.15, 0.2) is 0 Å². The Morgan fingerprint density at radius 3 is 2.60 bits per heavy atom. The van der Waals surface area contributed by atoms with E-state index in [0.717, 1.165) is 30.8 Å². The Morgan fingerprint density at radius 2 is 2.00 bits per heavy atom. The molecule has 0 amide bonds. The highest BCUT2D eigenvalue weighted by Crippen LogP contribution is 2.15. The van der Waals surface area contributed by atoms with Crippen LogP contribution in [0.3, 0.4) is 0 Å². The summed E-state index contributed by atoms with van der Waals surface area (Å²) < 4.78 is 5.50. The van der Waals surface area contributed by atoms with Gasteiger partial charge in [-0.3, -0.25) is 0 Å². The van der Waals surface area contributed by atoms with Gasteiger partial charge in [-0.25, -0.2) is 0 Å². The van der Waals surface area contributed by atoms with E-state index in [1.54, 1.807) is 0 Å². The number of nitrogens with one attached hydrogen (secondary N) is 1. The first-order chi connectivity index (χ1) is 7.36. The molecule has 1 aromatic carbocycles. The summed E-state index contributed by atoms with van der Waals surface area (Å²) >= 11 is 0. The number of benzene rings is 1. The highest BCUT2D eigenvalue weighted by atomic mass is 16.5. The van der Waals surface area contributed by atoms with Crippen LogP contribution in [0.15, 0.2) is 24.3 Å². The van der Waals surface area contributed by atoms with Crippen molar-refractivity contribution in [3.05, 3.63) is 24.3 Å². The van der Waals surface area contributed by atoms with Gasteiger partial charge in [0.05, 0.1) is 6.61 Å². The topological polar surface area (TPSA) is 47.3 Å². The summed E-state index contributed by atoms with van der Waals surface area (Å²) in [6, 6.07) is 8.03. The van der Waals surface area contributed by atoms with Crippen molar-refractivity contribution < 1.29 is 4.74 Å². The van der Waals surface area contributed by atoms with E-state index < -0.39 is 0 Å². The molecule has 0 spiro atoms. The smallest absolute Gasteiger partial charge is 0.119 e. The van der Waals surface area contributed by atoms with E-state index in [-0.39, 0.29) is 0 Å². The first-order valence-corrected chi connectivity index (χ1v) is 5.53. The van der Waals surface area contributed by atoms with E-state index in [0.29, 0.717) is 13.2 Å². The number of ether oxygens (including phenoxy) is 1. The van der Waals surface area contributed by atoms with Crippen LogP contribution in [0.5, 0.6) is 5.75 Å². The molecule has 0 atom stereocenters. The van der Waals surface area contributed by atoms with Crippen molar-refractivity contribution in [2.45, 2.75) is 19.8 Å². The van der Waals surface area contributed by atoms with Gasteiger partial charge in [0.25, 0.3) is 0 Å². The Balaban J connectivity index is 2.35. The van der Waals surface area contributed by atoms with Gasteiger partial charge in [-0.2, -0.15) is 0 Å². The molecule has 3 nitrogen and oxygen atoms in total. The lowest BCUT2D eigenvalue weighted by atomic mass is 10.3. The van der Waals surface area contributed by atoms with Crippen LogP contribution in [0.4, 0.5) is 5.69 Å². The van der Waals surface area contributed by atoms with Gasteiger partial charge in [0.1, 0.15) is 5.75 Å². The molecule has 15 heavy (non-hydrogen) atoms. The summed E-state index contributed by atoms with van der Waals surface area (Å²) in [5.41, 5.74) is 6.52. The fraction of sp³-hybridized carbons (Fsp3) is 0.500. The fourth-order valence-electron chi connectivity index (χ4n) is 1.21. The number of nitrogens with two attached hydrogens (primary N) is 1. The van der Waals surface area contributed by atoms with Crippen molar-refractivity contribution in [3.63, 3.8) is 0 Å². The van der Waals surface area contributed by atoms with E-state index >= 15 is 0 Å². The zero-order valence-corrected chi connectivity index (χ0v) is 9.33. The first kappa shape index (κ1) is 11.9. The molecule has 3 N–H and O–H groups in total. The quantitative estimate of drug-likeness (QED) is 0.675. The Bertz CT molecular complexity index is 259. The first-order valence-electron chi connectivity index (χ1n) is 5.53. The van der Waals surface area contributed by atoms with Crippen LogP contribution in [0, 0.1) is 0 Å². The van der Waals surface area contributed by atoms with Crippen LogP contribution < -0.4 is 15.8 Å². The second-order valence-corrected chi connectivity index (χ2v) is 3.44. The molecule has 0 saturated carbocycles. The zero-order chi connectivity index (χ0) is 10.9. The zero-order valence-electron chi connectivity index (χ0n) is 9.33. The molecule has 0 saturated heterocycles. The standard InChI is InChI=1S/C12H20N2O/c1-2-9-14-11-4-6-12(7-5-11)15-10-3-8-13/h4-7,14H,2-3,8-10,13H2,1H3. The summed E-state index contributed by atoms with van der Waals surface area (Å²) in [4.78, 5) is 0. The molecule has 0 bridgehead atoms. The summed E-state index contributed by atoms with van der Waals surface area (Å²) in [7, 11) is 0. The van der Waals surface area contributed by atoms with Crippen LogP contribution in [0.2, 0.25) is 0 Å². The van der Waals surface area contributed by atoms with Gasteiger partial charge in [-0.1, -0.05) is 6.92 Å². The molecule has 1 rings (SSSR count). The molecule has 3 heteroatoms. The number of hydrogen-bond donors (Lipinski definition) is 2. The van der Waals surface area contributed by atoms with E-state index in [9.17, 15) is 0 Å². The molecule has 0 fully saturated rings. The number of rotatable bonds is 7. The molecule has 0 aliphatic rings. The Kier molecular flexibility index (Phi) is 5.63. The lowest BCUT2D eigenvalue weighted by Gasteiger charge is -2.07. The Morgan fingerprint density at radius 1 is 1.27 bits per heavy atom. The van der Waals surface area contributed by atoms with Crippen molar-refractivity contribution >= 4 is 5.69 Å². The molecule has 0 radical (unpaired) electrons. The molecule has 0 heterocycles. The largest absolute Gasteiger partial charge is 0.494 e. The maximum Gasteiger partial charge on any atom is 0.119 e. The summed E-state index contributed by atoms with van der Waals surface area (Å²) in [6.07, 6.45) is 2.03. The lowest BCUT2D eigenvalue weighted by Crippen LogP contribution is -2.06. The van der Waals surface area contributed by atoms with E-state index in [1.165, 1.54) is 0 Å². The van der Waals surface area contributed by atoms with Crippen LogP contribution in [-0.2, 0) is 0 Å². The van der Waals surface area contributed by atoms with Crippen molar-refractivity contribution in [2.24, 2.45) is 5.73 Å². The summed E-state index contributed by atoms with van der Waals surface area (Å²) in [5.74, 6) is 0.908. The van der Waals surface area contributed by atoms with E-state index in [2.05, 4.69) is 12.2 Å². The normalized spacial score (nSPS) is 10.0. The Hall–Kier alpha value is -1.22. The highest BCUT2D eigenvalue weighted by Gasteiger charge is 1.94. The van der Waals surface area contributed by atoms with Gasteiger partial charge in [-0.15, -0.1) is 0 Å². The van der Waals surface area contributed by atoms with Crippen molar-refractivity contribution in [3.8, 4) is 5.75 Å². The lowest BCUT2D eigenvalue weighted by molar-refractivity contribution is 0.313. The predicted octanol–water partition coefficient (Wildman–Crippen LogP) is 2.24. The van der Waals surface area contributed by atoms with E-state index in [4.69, 9.17) is 10.5 Å². The van der Waals surface area contributed by atoms with Crippen LogP contribution >= 0.6 is 0 Å². The number of hydrogen-bond acceptors (Lipinski definition) is 3. The third-order valence-corrected chi connectivity index (χ3v) is 2.05. The molecule has 0 unspecified atom stereocenters. The summed E-state index contributed by atoms with van der Waals surface area (Å²) in [5, 5.41) is 3.31. The monoisotopic (exact) mass is 208 g/mol. The van der Waals surface area contributed by atoms with Crippen molar-refractivity contribution in [2.75, 3.05) is 25.0 Å². The average molecular weight is 208 g/mol. The van der Waals surface area contributed by atoms with E-state index in [1.807, 2.05) is 24.3 Å². The Labute approximate surface area is 91.6 Å². The van der Waals surface area contributed by atoms with Crippen LogP contribution in [0.25, 0.3) is 0 Å². The van der Waals surface area contributed by atoms with Crippen LogP contribution in [0.1, 0.15) is 19.8 Å². The molecule has 84 valence electrons. The highest BCUT2D eigenvalue weighted by molar-refractivity contribution is 5.46. The maximum absolute atomic E-state index is 5.50. The van der Waals surface area contributed by atoms with Crippen molar-refractivity contribution in [1.29, 1.82) is 0 Å². The van der Waals surface area contributed by atoms with Gasteiger partial charge in [0.2, 0.25) is 0 Å². The third kappa shape index (κ3) is 4.70. The molecular weight excluding hydrogens is 188 g/mol. The maximum atomic E-state index is 5.50. The molecule has 0 aliphatic carbocycles. The van der Waals surface area contributed by atoms with Crippen molar-refractivity contribution in [1.82, 2.24) is 0 Å². The average Bonchev–Trinajstić information content (AvgIpc) is 2.28.